The van der Waals surface area contributed by atoms with Gasteiger partial charge in [0, 0.05) is 11.3 Å². The summed E-state index contributed by atoms with van der Waals surface area (Å²) in [6.45, 7) is 4.25. The number of hydrogen-bond donors (Lipinski definition) is 1. The molecule has 1 amide bonds. The molecule has 2 aromatic rings. The number of hydrogen-bond acceptors (Lipinski definition) is 5. The van der Waals surface area contributed by atoms with Crippen molar-refractivity contribution in [1.29, 1.82) is 0 Å². The zero-order chi connectivity index (χ0) is 17.9. The van der Waals surface area contributed by atoms with Gasteiger partial charge < -0.3 is 10.1 Å². The van der Waals surface area contributed by atoms with Gasteiger partial charge >= 0.3 is 10.5 Å². The lowest BCUT2D eigenvalue weighted by Crippen LogP contribution is -2.11. The Hall–Kier alpha value is -2.67. The molecule has 6 nitrogen and oxygen atoms in total. The Balaban J connectivity index is 0.000000891. The Morgan fingerprint density at radius 1 is 1.12 bits per heavy atom. The maximum absolute atomic E-state index is 12.1. The molecule has 1 N–H and O–H groups in total. The van der Waals surface area contributed by atoms with E-state index in [1.807, 2.05) is 6.07 Å². The second-order valence-corrected chi connectivity index (χ2v) is 5.34. The normalized spacial score (nSPS) is 9.29. The van der Waals surface area contributed by atoms with Gasteiger partial charge in [-0.2, -0.15) is 8.42 Å². The molecule has 128 valence electrons. The molecule has 0 spiro atoms. The van der Waals surface area contributed by atoms with E-state index < -0.39 is 10.5 Å². The third-order valence-electron chi connectivity index (χ3n) is 2.65. The number of nitrogens with zero attached hydrogens (tertiary/aromatic N) is 1. The first kappa shape index (κ1) is 19.4. The highest BCUT2D eigenvalue weighted by molar-refractivity contribution is 7.61. The van der Waals surface area contributed by atoms with Gasteiger partial charge in [0.05, 0.1) is 7.11 Å². The fourth-order valence-electron chi connectivity index (χ4n) is 1.71. The number of ether oxygens (including phenoxy) is 1. The Labute approximate surface area is 143 Å². The highest BCUT2D eigenvalue weighted by Crippen LogP contribution is 2.28. The van der Waals surface area contributed by atoms with Crippen molar-refractivity contribution in [2.24, 2.45) is 4.36 Å². The Bertz CT molecular complexity index is 795. The average molecular weight is 348 g/mol. The van der Waals surface area contributed by atoms with E-state index in [1.165, 1.54) is 31.7 Å². The largest absolute Gasteiger partial charge is 0.494 e. The van der Waals surface area contributed by atoms with Crippen LogP contribution in [-0.2, 0) is 10.5 Å². The molecular formula is C17H20N2O4S. The van der Waals surface area contributed by atoms with Gasteiger partial charge in [0.2, 0.25) is 0 Å². The monoisotopic (exact) mass is 348 g/mol. The molecule has 0 saturated carbocycles. The summed E-state index contributed by atoms with van der Waals surface area (Å²) < 4.78 is 29.8. The number of rotatable bonds is 4. The summed E-state index contributed by atoms with van der Waals surface area (Å²) in [6.07, 6.45) is 1.25. The second-order valence-electron chi connectivity index (χ2n) is 4.72. The van der Waals surface area contributed by atoms with Gasteiger partial charge in [-0.25, -0.2) is 0 Å². The standard InChI is InChI=1S/C14H12N2O4S.C3H8/c1-20-13-8-7-10(9-12(13)16-21(18)19)14(17)15-11-5-3-2-4-6-11;1-3-2/h2-9H,1H3,(H,15,17);3H2,1-2H3. The van der Waals surface area contributed by atoms with Crippen LogP contribution in [0.4, 0.5) is 11.4 Å². The molecule has 0 aliphatic rings. The lowest BCUT2D eigenvalue weighted by molar-refractivity contribution is 0.102. The number of carbonyl (C=O) groups excluding carboxylic acids is 1. The van der Waals surface area contributed by atoms with E-state index in [0.29, 0.717) is 5.69 Å². The van der Waals surface area contributed by atoms with E-state index in [2.05, 4.69) is 23.5 Å². The molecule has 0 radical (unpaired) electrons. The summed E-state index contributed by atoms with van der Waals surface area (Å²) in [6, 6.07) is 13.3. The minimum atomic E-state index is -2.62. The molecule has 0 aliphatic carbocycles. The van der Waals surface area contributed by atoms with Crippen molar-refractivity contribution in [2.75, 3.05) is 12.4 Å². The fourth-order valence-corrected chi connectivity index (χ4v) is 2.01. The van der Waals surface area contributed by atoms with Crippen molar-refractivity contribution >= 4 is 27.8 Å². The van der Waals surface area contributed by atoms with Gasteiger partial charge in [-0.05, 0) is 30.3 Å². The van der Waals surface area contributed by atoms with E-state index >= 15 is 0 Å². The van der Waals surface area contributed by atoms with Crippen LogP contribution in [-0.4, -0.2) is 21.4 Å². The highest BCUT2D eigenvalue weighted by atomic mass is 32.2. The van der Waals surface area contributed by atoms with Gasteiger partial charge in [-0.15, -0.1) is 4.36 Å². The molecule has 0 aliphatic heterocycles. The minimum absolute atomic E-state index is 0.0755. The molecule has 2 aromatic carbocycles. The Morgan fingerprint density at radius 3 is 2.29 bits per heavy atom. The van der Waals surface area contributed by atoms with Gasteiger partial charge in [0.1, 0.15) is 11.4 Å². The summed E-state index contributed by atoms with van der Waals surface area (Å²) in [5.74, 6) is -0.0903. The summed E-state index contributed by atoms with van der Waals surface area (Å²) >= 11 is 0. The Morgan fingerprint density at radius 2 is 1.75 bits per heavy atom. The molecule has 0 heterocycles. The molecule has 0 bridgehead atoms. The van der Waals surface area contributed by atoms with Crippen molar-refractivity contribution in [2.45, 2.75) is 20.3 Å². The van der Waals surface area contributed by atoms with Crippen LogP contribution in [0.25, 0.3) is 0 Å². The van der Waals surface area contributed by atoms with E-state index in [4.69, 9.17) is 4.74 Å². The highest BCUT2D eigenvalue weighted by Gasteiger charge is 2.10. The first-order valence-electron chi connectivity index (χ1n) is 7.37. The predicted octanol–water partition coefficient (Wildman–Crippen LogP) is 4.06. The van der Waals surface area contributed by atoms with Crippen LogP contribution in [0.15, 0.2) is 52.9 Å². The lowest BCUT2D eigenvalue weighted by atomic mass is 10.1. The third-order valence-corrected chi connectivity index (χ3v) is 2.99. The van der Waals surface area contributed by atoms with Crippen LogP contribution in [0.2, 0.25) is 0 Å². The number of carbonyl (C=O) groups is 1. The molecule has 0 fully saturated rings. The van der Waals surface area contributed by atoms with Gasteiger partial charge in [-0.3, -0.25) is 4.79 Å². The molecule has 0 atom stereocenters. The number of anilines is 1. The molecule has 2 rings (SSSR count). The van der Waals surface area contributed by atoms with Crippen molar-refractivity contribution in [3.63, 3.8) is 0 Å². The number of amides is 1. The van der Waals surface area contributed by atoms with Crippen molar-refractivity contribution < 1.29 is 17.9 Å². The fraction of sp³-hybridized carbons (Fsp3) is 0.235. The van der Waals surface area contributed by atoms with Gasteiger partial charge in [-0.1, -0.05) is 38.5 Å². The van der Waals surface area contributed by atoms with Crippen LogP contribution in [0.1, 0.15) is 30.6 Å². The van der Waals surface area contributed by atoms with Crippen molar-refractivity contribution in [1.82, 2.24) is 0 Å². The van der Waals surface area contributed by atoms with Gasteiger partial charge in [0.15, 0.2) is 0 Å². The molecule has 24 heavy (non-hydrogen) atoms. The average Bonchev–Trinajstić information content (AvgIpc) is 2.56. The van der Waals surface area contributed by atoms with Crippen LogP contribution in [0, 0.1) is 0 Å². The first-order valence-corrected chi connectivity index (χ1v) is 8.40. The molecule has 0 aromatic heterocycles. The molecular weight excluding hydrogens is 328 g/mol. The smallest absolute Gasteiger partial charge is 0.316 e. The van der Waals surface area contributed by atoms with E-state index in [1.54, 1.807) is 24.3 Å². The summed E-state index contributed by atoms with van der Waals surface area (Å²) in [5, 5.41) is 2.70. The summed E-state index contributed by atoms with van der Waals surface area (Å²) in [5.41, 5.74) is 1.000. The molecule has 0 saturated heterocycles. The predicted molar refractivity (Wildman–Crippen MR) is 94.4 cm³/mol. The number of methoxy groups -OCH3 is 1. The maximum atomic E-state index is 12.1. The first-order chi connectivity index (χ1) is 11.5. The van der Waals surface area contributed by atoms with E-state index in [0.717, 1.165) is 0 Å². The quantitative estimate of drug-likeness (QED) is 0.903. The minimum Gasteiger partial charge on any atom is -0.494 e. The maximum Gasteiger partial charge on any atom is 0.316 e. The number of benzene rings is 2. The van der Waals surface area contributed by atoms with Crippen LogP contribution in [0.5, 0.6) is 5.75 Å². The summed E-state index contributed by atoms with van der Waals surface area (Å²) in [7, 11) is -1.23. The van der Waals surface area contributed by atoms with Crippen molar-refractivity contribution in [3.8, 4) is 5.75 Å². The molecule has 0 unspecified atom stereocenters. The van der Waals surface area contributed by atoms with Gasteiger partial charge in [0.25, 0.3) is 5.91 Å². The van der Waals surface area contributed by atoms with Crippen LogP contribution < -0.4 is 10.1 Å². The summed E-state index contributed by atoms with van der Waals surface area (Å²) in [4.78, 5) is 12.1. The zero-order valence-corrected chi connectivity index (χ0v) is 14.6. The second kappa shape index (κ2) is 10.2. The van der Waals surface area contributed by atoms with Crippen molar-refractivity contribution in [3.05, 3.63) is 54.1 Å². The number of para-hydroxylation sites is 1. The van der Waals surface area contributed by atoms with E-state index in [-0.39, 0.29) is 22.9 Å². The third kappa shape index (κ3) is 6.21. The van der Waals surface area contributed by atoms with Crippen LogP contribution in [0.3, 0.4) is 0 Å². The number of nitrogens with one attached hydrogen (secondary N) is 1. The Kier molecular flexibility index (Phi) is 8.21. The molecule has 7 heteroatoms. The SMILES string of the molecule is CCC.COc1ccc(C(=O)Nc2ccccc2)cc1N=S(=O)=O. The zero-order valence-electron chi connectivity index (χ0n) is 13.8. The van der Waals surface area contributed by atoms with Crippen LogP contribution >= 0.6 is 0 Å². The topological polar surface area (TPSA) is 84.8 Å². The lowest BCUT2D eigenvalue weighted by Gasteiger charge is -2.07. The van der Waals surface area contributed by atoms with E-state index in [9.17, 15) is 13.2 Å².